The molecule has 2 aromatic rings. The minimum atomic E-state index is -3.78. The van der Waals surface area contributed by atoms with Crippen molar-refractivity contribution in [2.24, 2.45) is 0 Å². The number of hydrogen-bond donors (Lipinski definition) is 0. The van der Waals surface area contributed by atoms with Crippen LogP contribution in [-0.4, -0.2) is 54.9 Å². The van der Waals surface area contributed by atoms with Gasteiger partial charge in [-0.1, -0.05) is 17.3 Å². The molecule has 1 aliphatic heterocycles. The Labute approximate surface area is 145 Å². The number of carbonyl (C=O) groups excluding carboxylic acids is 1. The van der Waals surface area contributed by atoms with Gasteiger partial charge in [-0.3, -0.25) is 4.79 Å². The molecule has 1 aromatic heterocycles. The topological polar surface area (TPSA) is 108 Å². The van der Waals surface area contributed by atoms with Crippen molar-refractivity contribution in [3.05, 3.63) is 47.3 Å². The first-order valence-electron chi connectivity index (χ1n) is 7.65. The van der Waals surface area contributed by atoms with Crippen LogP contribution >= 0.6 is 0 Å². The fourth-order valence-corrected chi connectivity index (χ4v) is 4.24. The number of amides is 1. The SMILES string of the molecule is Cc1cc(C(=O)N2CCN(S(=O)(=O)c3ccccc3C#N)CC2)on1. The summed E-state index contributed by atoms with van der Waals surface area (Å²) < 4.78 is 31.8. The Hall–Kier alpha value is -2.70. The fourth-order valence-electron chi connectivity index (χ4n) is 2.67. The zero-order chi connectivity index (χ0) is 18.0. The number of sulfonamides is 1. The Kier molecular flexibility index (Phi) is 4.57. The van der Waals surface area contributed by atoms with Crippen molar-refractivity contribution in [1.29, 1.82) is 5.26 Å². The highest BCUT2D eigenvalue weighted by Crippen LogP contribution is 2.21. The van der Waals surface area contributed by atoms with E-state index in [2.05, 4.69) is 5.16 Å². The van der Waals surface area contributed by atoms with Crippen molar-refractivity contribution in [2.45, 2.75) is 11.8 Å². The minimum absolute atomic E-state index is 0.0110. The van der Waals surface area contributed by atoms with Gasteiger partial charge in [-0.05, 0) is 19.1 Å². The average molecular weight is 360 g/mol. The summed E-state index contributed by atoms with van der Waals surface area (Å²) in [6.45, 7) is 2.51. The van der Waals surface area contributed by atoms with Crippen molar-refractivity contribution < 1.29 is 17.7 Å². The summed E-state index contributed by atoms with van der Waals surface area (Å²) in [5.74, 6) is -0.168. The van der Waals surface area contributed by atoms with Gasteiger partial charge in [-0.2, -0.15) is 9.57 Å². The number of benzene rings is 1. The molecule has 1 aromatic carbocycles. The lowest BCUT2D eigenvalue weighted by Crippen LogP contribution is -2.50. The summed E-state index contributed by atoms with van der Waals surface area (Å²) in [6, 6.07) is 9.54. The monoisotopic (exact) mass is 360 g/mol. The van der Waals surface area contributed by atoms with Crippen LogP contribution in [0.15, 0.2) is 39.8 Å². The second kappa shape index (κ2) is 6.66. The summed E-state index contributed by atoms with van der Waals surface area (Å²) in [7, 11) is -3.78. The lowest BCUT2D eigenvalue weighted by atomic mass is 10.2. The maximum Gasteiger partial charge on any atom is 0.292 e. The van der Waals surface area contributed by atoms with Crippen LogP contribution in [0.25, 0.3) is 0 Å². The third-order valence-electron chi connectivity index (χ3n) is 3.99. The van der Waals surface area contributed by atoms with Gasteiger partial charge in [0.05, 0.1) is 16.2 Å². The second-order valence-electron chi connectivity index (χ2n) is 5.64. The van der Waals surface area contributed by atoms with Crippen LogP contribution in [0.5, 0.6) is 0 Å². The molecule has 2 heterocycles. The number of nitriles is 1. The van der Waals surface area contributed by atoms with Crippen LogP contribution in [0, 0.1) is 18.3 Å². The van der Waals surface area contributed by atoms with Crippen molar-refractivity contribution >= 4 is 15.9 Å². The number of carbonyl (C=O) groups is 1. The summed E-state index contributed by atoms with van der Waals surface area (Å²) in [4.78, 5) is 13.8. The zero-order valence-corrected chi connectivity index (χ0v) is 14.4. The average Bonchev–Trinajstić information content (AvgIpc) is 3.07. The molecule has 1 aliphatic rings. The molecule has 0 spiro atoms. The first-order chi connectivity index (χ1) is 11.9. The predicted octanol–water partition coefficient (Wildman–Crippen LogP) is 1.00. The summed E-state index contributed by atoms with van der Waals surface area (Å²) >= 11 is 0. The van der Waals surface area contributed by atoms with E-state index in [-0.39, 0.29) is 48.3 Å². The molecule has 25 heavy (non-hydrogen) atoms. The third kappa shape index (κ3) is 3.26. The molecular weight excluding hydrogens is 344 g/mol. The van der Waals surface area contributed by atoms with E-state index in [4.69, 9.17) is 9.78 Å². The van der Waals surface area contributed by atoms with Crippen molar-refractivity contribution in [2.75, 3.05) is 26.2 Å². The molecule has 3 rings (SSSR count). The van der Waals surface area contributed by atoms with E-state index in [1.165, 1.54) is 21.3 Å². The van der Waals surface area contributed by atoms with Gasteiger partial charge in [0.1, 0.15) is 6.07 Å². The van der Waals surface area contributed by atoms with E-state index in [0.29, 0.717) is 5.69 Å². The van der Waals surface area contributed by atoms with Crippen LogP contribution in [0.3, 0.4) is 0 Å². The molecule has 8 nitrogen and oxygen atoms in total. The standard InChI is InChI=1S/C16H16N4O4S/c1-12-10-14(24-18-12)16(21)19-6-8-20(9-7-19)25(22,23)15-5-3-2-4-13(15)11-17/h2-5,10H,6-9H2,1H3. The van der Waals surface area contributed by atoms with Crippen LogP contribution in [0.2, 0.25) is 0 Å². The van der Waals surface area contributed by atoms with Crippen molar-refractivity contribution in [1.82, 2.24) is 14.4 Å². The predicted molar refractivity (Wildman–Crippen MR) is 87.1 cm³/mol. The largest absolute Gasteiger partial charge is 0.351 e. The van der Waals surface area contributed by atoms with Gasteiger partial charge in [-0.25, -0.2) is 8.42 Å². The number of rotatable bonds is 3. The van der Waals surface area contributed by atoms with Gasteiger partial charge >= 0.3 is 0 Å². The molecule has 0 unspecified atom stereocenters. The molecule has 0 N–H and O–H groups in total. The van der Waals surface area contributed by atoms with Gasteiger partial charge in [0.25, 0.3) is 5.91 Å². The lowest BCUT2D eigenvalue weighted by Gasteiger charge is -2.33. The Morgan fingerprint density at radius 1 is 1.24 bits per heavy atom. The maximum absolute atomic E-state index is 12.8. The van der Waals surface area contributed by atoms with Gasteiger partial charge in [0.2, 0.25) is 15.8 Å². The van der Waals surface area contributed by atoms with Crippen LogP contribution in [-0.2, 0) is 10.0 Å². The number of hydrogen-bond acceptors (Lipinski definition) is 6. The van der Waals surface area contributed by atoms with Gasteiger partial charge < -0.3 is 9.42 Å². The molecule has 0 radical (unpaired) electrons. The van der Waals surface area contributed by atoms with Gasteiger partial charge in [0, 0.05) is 32.2 Å². The second-order valence-corrected chi connectivity index (χ2v) is 7.54. The van der Waals surface area contributed by atoms with Gasteiger partial charge in [-0.15, -0.1) is 0 Å². The first-order valence-corrected chi connectivity index (χ1v) is 9.09. The smallest absolute Gasteiger partial charge is 0.292 e. The van der Waals surface area contributed by atoms with E-state index < -0.39 is 10.0 Å². The van der Waals surface area contributed by atoms with Crippen LogP contribution in [0.1, 0.15) is 21.8 Å². The Morgan fingerprint density at radius 2 is 1.92 bits per heavy atom. The van der Waals surface area contributed by atoms with Crippen molar-refractivity contribution in [3.8, 4) is 6.07 Å². The van der Waals surface area contributed by atoms with Crippen molar-refractivity contribution in [3.63, 3.8) is 0 Å². The van der Waals surface area contributed by atoms with E-state index in [9.17, 15) is 13.2 Å². The molecule has 1 saturated heterocycles. The highest BCUT2D eigenvalue weighted by Gasteiger charge is 2.32. The molecular formula is C16H16N4O4S. The van der Waals surface area contributed by atoms with E-state index in [0.717, 1.165) is 0 Å². The molecule has 0 saturated carbocycles. The molecule has 130 valence electrons. The molecule has 1 fully saturated rings. The van der Waals surface area contributed by atoms with Gasteiger partial charge in [0.15, 0.2) is 0 Å². The quantitative estimate of drug-likeness (QED) is 0.808. The number of nitrogens with zero attached hydrogens (tertiary/aromatic N) is 4. The van der Waals surface area contributed by atoms with Crippen LogP contribution in [0.4, 0.5) is 0 Å². The third-order valence-corrected chi connectivity index (χ3v) is 5.95. The molecule has 0 atom stereocenters. The maximum atomic E-state index is 12.8. The van der Waals surface area contributed by atoms with Crippen LogP contribution < -0.4 is 0 Å². The summed E-state index contributed by atoms with van der Waals surface area (Å²) in [6.07, 6.45) is 0. The molecule has 1 amide bonds. The minimum Gasteiger partial charge on any atom is -0.351 e. The normalized spacial score (nSPS) is 15.8. The highest BCUT2D eigenvalue weighted by molar-refractivity contribution is 7.89. The Balaban J connectivity index is 1.74. The molecule has 9 heteroatoms. The zero-order valence-electron chi connectivity index (χ0n) is 13.5. The first kappa shape index (κ1) is 17.1. The Bertz CT molecular complexity index is 937. The van der Waals surface area contributed by atoms with E-state index >= 15 is 0 Å². The van der Waals surface area contributed by atoms with E-state index in [1.54, 1.807) is 25.1 Å². The molecule has 0 bridgehead atoms. The fraction of sp³-hybridized carbons (Fsp3) is 0.312. The molecule has 0 aliphatic carbocycles. The summed E-state index contributed by atoms with van der Waals surface area (Å²) in [5.41, 5.74) is 0.718. The highest BCUT2D eigenvalue weighted by atomic mass is 32.2. The number of piperazine rings is 1. The van der Waals surface area contributed by atoms with E-state index in [1.807, 2.05) is 6.07 Å². The number of aromatic nitrogens is 1. The Morgan fingerprint density at radius 3 is 2.52 bits per heavy atom. The lowest BCUT2D eigenvalue weighted by molar-refractivity contribution is 0.0656. The summed E-state index contributed by atoms with van der Waals surface area (Å²) in [5, 5.41) is 12.8. The number of aryl methyl sites for hydroxylation is 1.